The van der Waals surface area contributed by atoms with Gasteiger partial charge in [-0.3, -0.25) is 4.79 Å². The summed E-state index contributed by atoms with van der Waals surface area (Å²) in [7, 11) is -0.688. The van der Waals surface area contributed by atoms with E-state index in [9.17, 15) is 18.0 Å². The van der Waals surface area contributed by atoms with Crippen LogP contribution in [0, 0.1) is 19.8 Å². The lowest BCUT2D eigenvalue weighted by Crippen LogP contribution is -2.43. The topological polar surface area (TPSA) is 106 Å². The molecule has 36 heavy (non-hydrogen) atoms. The summed E-state index contributed by atoms with van der Waals surface area (Å²) in [4.78, 5) is 28.9. The molecule has 3 rings (SSSR count). The highest BCUT2D eigenvalue weighted by molar-refractivity contribution is 7.89. The predicted octanol–water partition coefficient (Wildman–Crippen LogP) is 2.42. The number of carbonyl (C=O) groups is 2. The van der Waals surface area contributed by atoms with Gasteiger partial charge in [0.2, 0.25) is 15.9 Å². The lowest BCUT2D eigenvalue weighted by Gasteiger charge is -2.27. The first-order valence-electron chi connectivity index (χ1n) is 12.2. The van der Waals surface area contributed by atoms with Gasteiger partial charge in [-0.2, -0.15) is 4.31 Å². The first-order chi connectivity index (χ1) is 16.7. The molecule has 0 spiro atoms. The largest absolute Gasteiger partial charge is 0.497 e. The van der Waals surface area contributed by atoms with E-state index in [0.29, 0.717) is 36.5 Å². The lowest BCUT2D eigenvalue weighted by atomic mass is 10.1. The molecule has 2 aliphatic heterocycles. The quantitative estimate of drug-likeness (QED) is 0.480. The molecule has 2 fully saturated rings. The summed E-state index contributed by atoms with van der Waals surface area (Å²) < 4.78 is 43.7. The minimum absolute atomic E-state index is 0.0438. The van der Waals surface area contributed by atoms with Crippen molar-refractivity contribution in [3.8, 4) is 5.75 Å². The van der Waals surface area contributed by atoms with Crippen LogP contribution in [0.3, 0.4) is 0 Å². The molecule has 0 aromatic heterocycles. The van der Waals surface area contributed by atoms with Crippen molar-refractivity contribution in [1.29, 1.82) is 0 Å². The number of likely N-dealkylation sites (N-methyl/N-ethyl adjacent to an activating group) is 1. The van der Waals surface area contributed by atoms with Crippen LogP contribution in [0.15, 0.2) is 17.0 Å². The summed E-state index contributed by atoms with van der Waals surface area (Å²) >= 11 is 0. The van der Waals surface area contributed by atoms with Gasteiger partial charge in [0.05, 0.1) is 24.7 Å². The van der Waals surface area contributed by atoms with Crippen molar-refractivity contribution >= 4 is 22.0 Å². The highest BCUT2D eigenvalue weighted by Gasteiger charge is 2.45. The molecule has 0 saturated carbocycles. The van der Waals surface area contributed by atoms with E-state index < -0.39 is 15.6 Å². The fraction of sp³-hybridized carbons (Fsp3) is 0.680. The number of aryl methyl sites for hydroxylation is 2. The second kappa shape index (κ2) is 10.9. The van der Waals surface area contributed by atoms with Crippen LogP contribution in [0.4, 0.5) is 4.79 Å². The van der Waals surface area contributed by atoms with E-state index in [1.165, 1.54) is 11.4 Å². The fourth-order valence-corrected chi connectivity index (χ4v) is 6.45. The molecule has 2 saturated heterocycles. The highest BCUT2D eigenvalue weighted by atomic mass is 32.2. The van der Waals surface area contributed by atoms with E-state index in [2.05, 4.69) is 0 Å². The minimum Gasteiger partial charge on any atom is -0.497 e. The Kier molecular flexibility index (Phi) is 8.57. The molecule has 2 aliphatic rings. The fourth-order valence-electron chi connectivity index (χ4n) is 4.89. The van der Waals surface area contributed by atoms with E-state index >= 15 is 0 Å². The first-order valence-corrected chi connectivity index (χ1v) is 13.7. The lowest BCUT2D eigenvalue weighted by molar-refractivity contribution is -0.137. The summed E-state index contributed by atoms with van der Waals surface area (Å²) in [5.74, 6) is 0.684. The monoisotopic (exact) mass is 525 g/mol. The van der Waals surface area contributed by atoms with Crippen LogP contribution in [0.5, 0.6) is 5.75 Å². The number of rotatable bonds is 8. The Morgan fingerprint density at radius 2 is 1.78 bits per heavy atom. The van der Waals surface area contributed by atoms with Crippen molar-refractivity contribution in [3.63, 3.8) is 0 Å². The molecule has 0 radical (unpaired) electrons. The Bertz CT molecular complexity index is 1060. The number of ether oxygens (including phenoxy) is 3. The number of fused-ring (bicyclic) bond motifs is 1. The van der Waals surface area contributed by atoms with E-state index in [1.807, 2.05) is 20.8 Å². The number of nitrogens with zero attached hydrogens (tertiary/aromatic N) is 3. The van der Waals surface area contributed by atoms with Crippen LogP contribution in [-0.4, -0.2) is 99.7 Å². The van der Waals surface area contributed by atoms with Gasteiger partial charge >= 0.3 is 6.09 Å². The van der Waals surface area contributed by atoms with Gasteiger partial charge in [0.1, 0.15) is 18.0 Å². The van der Waals surface area contributed by atoms with E-state index in [1.54, 1.807) is 42.9 Å². The molecule has 10 nitrogen and oxygen atoms in total. The van der Waals surface area contributed by atoms with Gasteiger partial charge in [-0.05, 0) is 64.3 Å². The Hall–Kier alpha value is -2.37. The molecule has 2 atom stereocenters. The Balaban J connectivity index is 1.50. The van der Waals surface area contributed by atoms with Crippen molar-refractivity contribution in [2.75, 3.05) is 53.6 Å². The maximum atomic E-state index is 13.1. The van der Waals surface area contributed by atoms with Gasteiger partial charge in [-0.25, -0.2) is 13.2 Å². The number of benzene rings is 1. The summed E-state index contributed by atoms with van der Waals surface area (Å²) in [6.45, 7) is 10.7. The molecule has 1 aromatic carbocycles. The standard InChI is InChI=1S/C25H39N3O7S/c1-17-12-20(33-7)13-18(2)23(17)36(31,32)26(6)10-11-34-16-22(29)28-9-8-19-14-27(15-21(19)28)24(30)35-25(3,4)5/h12-13,19,21H,8-11,14-16H2,1-7H3/t19-,21+/m0/s1. The molecular formula is C25H39N3O7S. The summed E-state index contributed by atoms with van der Waals surface area (Å²) in [5.41, 5.74) is 0.648. The predicted molar refractivity (Wildman–Crippen MR) is 135 cm³/mol. The van der Waals surface area contributed by atoms with Gasteiger partial charge in [0.15, 0.2) is 0 Å². The van der Waals surface area contributed by atoms with Crippen LogP contribution < -0.4 is 4.74 Å². The number of sulfonamides is 1. The molecule has 2 heterocycles. The van der Waals surface area contributed by atoms with E-state index in [4.69, 9.17) is 14.2 Å². The SMILES string of the molecule is COc1cc(C)c(S(=O)(=O)N(C)CCOCC(=O)N2CC[C@H]3CN(C(=O)OC(C)(C)C)C[C@H]32)c(C)c1. The molecule has 0 bridgehead atoms. The van der Waals surface area contributed by atoms with Gasteiger partial charge in [-0.15, -0.1) is 0 Å². The number of hydrogen-bond donors (Lipinski definition) is 0. The van der Waals surface area contributed by atoms with E-state index in [-0.39, 0.29) is 48.6 Å². The number of likely N-dealkylation sites (tertiary alicyclic amines) is 2. The highest BCUT2D eigenvalue weighted by Crippen LogP contribution is 2.32. The van der Waals surface area contributed by atoms with Crippen LogP contribution in [0.25, 0.3) is 0 Å². The molecule has 11 heteroatoms. The van der Waals surface area contributed by atoms with Crippen LogP contribution in [-0.2, 0) is 24.3 Å². The van der Waals surface area contributed by atoms with E-state index in [0.717, 1.165) is 6.42 Å². The zero-order valence-electron chi connectivity index (χ0n) is 22.4. The van der Waals surface area contributed by atoms with Crippen LogP contribution in [0.1, 0.15) is 38.3 Å². The number of amides is 2. The van der Waals surface area contributed by atoms with Gasteiger partial charge in [0, 0.05) is 39.1 Å². The van der Waals surface area contributed by atoms with Gasteiger partial charge in [-0.1, -0.05) is 0 Å². The van der Waals surface area contributed by atoms with Crippen molar-refractivity contribution in [2.24, 2.45) is 5.92 Å². The smallest absolute Gasteiger partial charge is 0.410 e. The third-order valence-electron chi connectivity index (χ3n) is 6.63. The molecule has 0 unspecified atom stereocenters. The molecule has 2 amide bonds. The van der Waals surface area contributed by atoms with Crippen molar-refractivity contribution in [1.82, 2.24) is 14.1 Å². The normalized spacial score (nSPS) is 20.1. The average molecular weight is 526 g/mol. The number of carbonyl (C=O) groups excluding carboxylic acids is 2. The zero-order chi connectivity index (χ0) is 26.8. The zero-order valence-corrected chi connectivity index (χ0v) is 23.2. The second-order valence-electron chi connectivity index (χ2n) is 10.6. The second-order valence-corrected chi connectivity index (χ2v) is 12.5. The third-order valence-corrected chi connectivity index (χ3v) is 8.80. The number of methoxy groups -OCH3 is 1. The van der Waals surface area contributed by atoms with Crippen molar-refractivity contribution < 1.29 is 32.2 Å². The molecule has 1 aromatic rings. The summed E-state index contributed by atoms with van der Waals surface area (Å²) in [6, 6.07) is 3.34. The third kappa shape index (κ3) is 6.30. The molecule has 202 valence electrons. The van der Waals surface area contributed by atoms with Crippen LogP contribution >= 0.6 is 0 Å². The maximum Gasteiger partial charge on any atom is 0.410 e. The Labute approximate surface area is 214 Å². The Morgan fingerprint density at radius 3 is 2.36 bits per heavy atom. The maximum absolute atomic E-state index is 13.1. The van der Waals surface area contributed by atoms with Crippen molar-refractivity contribution in [2.45, 2.75) is 57.6 Å². The number of hydrogen-bond acceptors (Lipinski definition) is 7. The molecule has 0 aliphatic carbocycles. The summed E-state index contributed by atoms with van der Waals surface area (Å²) in [6.07, 6.45) is 0.476. The van der Waals surface area contributed by atoms with Crippen molar-refractivity contribution in [3.05, 3.63) is 23.3 Å². The first kappa shape index (κ1) is 28.2. The van der Waals surface area contributed by atoms with Gasteiger partial charge < -0.3 is 24.0 Å². The molecule has 0 N–H and O–H groups in total. The Morgan fingerprint density at radius 1 is 1.14 bits per heavy atom. The molecular weight excluding hydrogens is 486 g/mol. The summed E-state index contributed by atoms with van der Waals surface area (Å²) in [5, 5.41) is 0. The minimum atomic E-state index is -3.73. The van der Waals surface area contributed by atoms with Gasteiger partial charge in [0.25, 0.3) is 0 Å². The van der Waals surface area contributed by atoms with Crippen LogP contribution in [0.2, 0.25) is 0 Å². The average Bonchev–Trinajstić information content (AvgIpc) is 3.35.